The Bertz CT molecular complexity index is 693. The third kappa shape index (κ3) is 8.10. The topological polar surface area (TPSA) is 93.1 Å². The van der Waals surface area contributed by atoms with Gasteiger partial charge in [-0.3, -0.25) is 9.59 Å². The highest BCUT2D eigenvalue weighted by atomic mass is 16.6. The molecule has 1 amide bonds. The van der Waals surface area contributed by atoms with E-state index in [2.05, 4.69) is 19.1 Å². The standard InChI is InChI=1S/C27H45NO6/c1-4-5-6-7-8-9-10-11-12-13-14-15-16-19-27(2)24(30)21(25(31)34-27)20-28-22(26(32)33-3)17-18-23(28)29/h13-14,21-22,24,30H,4-12,15-20H2,1-3H3/b14-13+/t21-,22?,24?,27+/m0/s1. The number of carbonyl (C=O) groups excluding carboxylic acids is 3. The Morgan fingerprint density at radius 1 is 1.09 bits per heavy atom. The number of likely N-dealkylation sites (tertiary alicyclic amines) is 1. The van der Waals surface area contributed by atoms with E-state index in [0.29, 0.717) is 12.8 Å². The zero-order valence-corrected chi connectivity index (χ0v) is 21.4. The number of carbonyl (C=O) groups is 3. The molecule has 1 N–H and O–H groups in total. The molecule has 0 spiro atoms. The zero-order valence-electron chi connectivity index (χ0n) is 21.4. The molecule has 0 bridgehead atoms. The fraction of sp³-hybridized carbons (Fsp3) is 0.815. The number of cyclic esters (lactones) is 1. The summed E-state index contributed by atoms with van der Waals surface area (Å²) in [6.07, 6.45) is 17.9. The number of aliphatic hydroxyl groups excluding tert-OH is 1. The predicted octanol–water partition coefficient (Wildman–Crippen LogP) is 4.70. The lowest BCUT2D eigenvalue weighted by atomic mass is 9.87. The lowest BCUT2D eigenvalue weighted by Gasteiger charge is -2.29. The van der Waals surface area contributed by atoms with Crippen LogP contribution in [0.15, 0.2) is 12.2 Å². The maximum Gasteiger partial charge on any atom is 0.328 e. The highest BCUT2D eigenvalue weighted by Crippen LogP contribution is 2.37. The van der Waals surface area contributed by atoms with Crippen molar-refractivity contribution in [1.82, 2.24) is 4.90 Å². The number of hydrogen-bond acceptors (Lipinski definition) is 6. The highest BCUT2D eigenvalue weighted by molar-refractivity contribution is 5.88. The number of esters is 2. The predicted molar refractivity (Wildman–Crippen MR) is 131 cm³/mol. The van der Waals surface area contributed by atoms with E-state index >= 15 is 0 Å². The van der Waals surface area contributed by atoms with E-state index in [1.165, 1.54) is 63.4 Å². The van der Waals surface area contributed by atoms with Gasteiger partial charge in [0.2, 0.25) is 5.91 Å². The third-order valence-corrected chi connectivity index (χ3v) is 7.27. The number of nitrogens with zero attached hydrogens (tertiary/aromatic N) is 1. The molecule has 34 heavy (non-hydrogen) atoms. The Balaban J connectivity index is 1.68. The Labute approximate surface area is 205 Å². The van der Waals surface area contributed by atoms with Gasteiger partial charge >= 0.3 is 11.9 Å². The number of ether oxygens (including phenoxy) is 2. The first-order chi connectivity index (χ1) is 16.3. The number of methoxy groups -OCH3 is 1. The molecule has 0 radical (unpaired) electrons. The molecular weight excluding hydrogens is 434 g/mol. The molecule has 0 saturated carbocycles. The minimum Gasteiger partial charge on any atom is -0.467 e. The van der Waals surface area contributed by atoms with Gasteiger partial charge in [0.1, 0.15) is 23.7 Å². The molecule has 2 heterocycles. The second kappa shape index (κ2) is 14.5. The van der Waals surface area contributed by atoms with Crippen molar-refractivity contribution >= 4 is 17.8 Å². The van der Waals surface area contributed by atoms with Gasteiger partial charge in [-0.15, -0.1) is 0 Å². The average molecular weight is 480 g/mol. The second-order valence-corrected chi connectivity index (χ2v) is 10.0. The molecule has 2 aliphatic heterocycles. The first-order valence-corrected chi connectivity index (χ1v) is 13.3. The van der Waals surface area contributed by atoms with E-state index in [9.17, 15) is 19.5 Å². The van der Waals surface area contributed by atoms with Gasteiger partial charge in [-0.25, -0.2) is 4.79 Å². The number of rotatable bonds is 16. The molecular formula is C27H45NO6. The Morgan fingerprint density at radius 2 is 1.71 bits per heavy atom. The SMILES string of the molecule is CCCCCCCCCC/C=C/CCC[C@@]1(C)OC(=O)[C@@H](CN2C(=O)CCC2C(=O)OC)C1O. The number of allylic oxidation sites excluding steroid dienone is 2. The van der Waals surface area contributed by atoms with Crippen LogP contribution in [0.4, 0.5) is 0 Å². The number of hydrogen-bond donors (Lipinski definition) is 1. The second-order valence-electron chi connectivity index (χ2n) is 10.0. The molecule has 7 nitrogen and oxygen atoms in total. The zero-order chi connectivity index (χ0) is 25.0. The van der Waals surface area contributed by atoms with Gasteiger partial charge in [-0.05, 0) is 45.4 Å². The molecule has 2 rings (SSSR count). The van der Waals surface area contributed by atoms with E-state index in [1.807, 2.05) is 0 Å². The van der Waals surface area contributed by atoms with Crippen LogP contribution < -0.4 is 0 Å². The Hall–Kier alpha value is -1.89. The van der Waals surface area contributed by atoms with Crippen LogP contribution in [0.3, 0.4) is 0 Å². The summed E-state index contributed by atoms with van der Waals surface area (Å²) in [4.78, 5) is 38.1. The van der Waals surface area contributed by atoms with Crippen LogP contribution in [-0.2, 0) is 23.9 Å². The van der Waals surface area contributed by atoms with Gasteiger partial charge in [-0.1, -0.05) is 64.0 Å². The summed E-state index contributed by atoms with van der Waals surface area (Å²) >= 11 is 0. The van der Waals surface area contributed by atoms with Gasteiger partial charge in [0.15, 0.2) is 0 Å². The molecule has 2 fully saturated rings. The van der Waals surface area contributed by atoms with Crippen molar-refractivity contribution in [2.75, 3.05) is 13.7 Å². The molecule has 0 aromatic heterocycles. The van der Waals surface area contributed by atoms with Gasteiger partial charge in [0, 0.05) is 13.0 Å². The molecule has 2 unspecified atom stereocenters. The van der Waals surface area contributed by atoms with Crippen molar-refractivity contribution in [2.45, 2.75) is 121 Å². The summed E-state index contributed by atoms with van der Waals surface area (Å²) in [5, 5.41) is 10.9. The summed E-state index contributed by atoms with van der Waals surface area (Å²) in [5.74, 6) is -2.06. The lowest BCUT2D eigenvalue weighted by molar-refractivity contribution is -0.153. The third-order valence-electron chi connectivity index (χ3n) is 7.27. The minimum absolute atomic E-state index is 0.0211. The molecule has 0 aromatic carbocycles. The van der Waals surface area contributed by atoms with E-state index in [0.717, 1.165) is 19.3 Å². The minimum atomic E-state index is -1.02. The van der Waals surface area contributed by atoms with Crippen LogP contribution >= 0.6 is 0 Å². The summed E-state index contributed by atoms with van der Waals surface area (Å²) < 4.78 is 10.4. The smallest absolute Gasteiger partial charge is 0.328 e. The highest BCUT2D eigenvalue weighted by Gasteiger charge is 2.53. The monoisotopic (exact) mass is 479 g/mol. The van der Waals surface area contributed by atoms with Crippen molar-refractivity contribution in [2.24, 2.45) is 5.92 Å². The maximum atomic E-state index is 12.5. The summed E-state index contributed by atoms with van der Waals surface area (Å²) in [6.45, 7) is 3.98. The van der Waals surface area contributed by atoms with Crippen molar-refractivity contribution in [3.63, 3.8) is 0 Å². The van der Waals surface area contributed by atoms with Crippen LogP contribution in [-0.4, -0.2) is 59.3 Å². The normalized spacial score (nSPS) is 27.1. The molecule has 4 atom stereocenters. The Kier molecular flexibility index (Phi) is 12.1. The molecule has 2 saturated heterocycles. The fourth-order valence-electron chi connectivity index (χ4n) is 5.05. The largest absolute Gasteiger partial charge is 0.467 e. The summed E-state index contributed by atoms with van der Waals surface area (Å²) in [7, 11) is 1.28. The molecule has 0 aliphatic carbocycles. The van der Waals surface area contributed by atoms with Gasteiger partial charge in [-0.2, -0.15) is 0 Å². The van der Waals surface area contributed by atoms with Crippen molar-refractivity contribution in [1.29, 1.82) is 0 Å². The molecule has 2 aliphatic rings. The van der Waals surface area contributed by atoms with E-state index in [4.69, 9.17) is 9.47 Å². The quantitative estimate of drug-likeness (QED) is 0.196. The van der Waals surface area contributed by atoms with Crippen LogP contribution in [0.25, 0.3) is 0 Å². The number of amides is 1. The first-order valence-electron chi connectivity index (χ1n) is 13.3. The summed E-state index contributed by atoms with van der Waals surface area (Å²) in [6, 6.07) is -0.699. The molecule has 7 heteroatoms. The summed E-state index contributed by atoms with van der Waals surface area (Å²) in [5.41, 5.74) is -0.975. The van der Waals surface area contributed by atoms with Crippen LogP contribution in [0.1, 0.15) is 104 Å². The fourth-order valence-corrected chi connectivity index (χ4v) is 5.05. The van der Waals surface area contributed by atoms with E-state index < -0.39 is 35.6 Å². The van der Waals surface area contributed by atoms with Gasteiger partial charge < -0.3 is 19.5 Å². The van der Waals surface area contributed by atoms with Crippen molar-refractivity contribution < 1.29 is 29.0 Å². The van der Waals surface area contributed by atoms with Gasteiger partial charge in [0.05, 0.1) is 7.11 Å². The van der Waals surface area contributed by atoms with Crippen LogP contribution in [0.5, 0.6) is 0 Å². The van der Waals surface area contributed by atoms with Crippen LogP contribution in [0.2, 0.25) is 0 Å². The molecule has 0 aromatic rings. The Morgan fingerprint density at radius 3 is 2.35 bits per heavy atom. The first kappa shape index (κ1) is 28.3. The van der Waals surface area contributed by atoms with Crippen LogP contribution in [0, 0.1) is 5.92 Å². The average Bonchev–Trinajstić information content (AvgIpc) is 3.28. The molecule has 194 valence electrons. The number of unbranched alkanes of at least 4 members (excludes halogenated alkanes) is 9. The van der Waals surface area contributed by atoms with E-state index in [1.54, 1.807) is 6.92 Å². The van der Waals surface area contributed by atoms with Crippen molar-refractivity contribution in [3.05, 3.63) is 12.2 Å². The lowest BCUT2D eigenvalue weighted by Crippen LogP contribution is -2.47. The van der Waals surface area contributed by atoms with E-state index in [-0.39, 0.29) is 18.9 Å². The number of aliphatic hydroxyl groups is 1. The van der Waals surface area contributed by atoms with Gasteiger partial charge in [0.25, 0.3) is 0 Å². The van der Waals surface area contributed by atoms with Crippen molar-refractivity contribution in [3.8, 4) is 0 Å². The maximum absolute atomic E-state index is 12.5.